The van der Waals surface area contributed by atoms with Gasteiger partial charge in [-0.25, -0.2) is 4.39 Å². The maximum Gasteiger partial charge on any atom is 0.131 e. The van der Waals surface area contributed by atoms with Gasteiger partial charge in [0.2, 0.25) is 0 Å². The first kappa shape index (κ1) is 16.0. The summed E-state index contributed by atoms with van der Waals surface area (Å²) in [5, 5.41) is 3.47. The summed E-state index contributed by atoms with van der Waals surface area (Å²) < 4.78 is 19.5. The van der Waals surface area contributed by atoms with Crippen molar-refractivity contribution >= 4 is 0 Å². The highest BCUT2D eigenvalue weighted by atomic mass is 19.1. The maximum absolute atomic E-state index is 14.2. The lowest BCUT2D eigenvalue weighted by atomic mass is 9.90. The fourth-order valence-electron chi connectivity index (χ4n) is 2.51. The fourth-order valence-corrected chi connectivity index (χ4v) is 2.51. The molecule has 0 bridgehead atoms. The van der Waals surface area contributed by atoms with Gasteiger partial charge in [0.25, 0.3) is 0 Å². The predicted molar refractivity (Wildman–Crippen MR) is 78.1 cm³/mol. The molecule has 1 N–H and O–H groups in total. The molecule has 0 aliphatic heterocycles. The van der Waals surface area contributed by atoms with Gasteiger partial charge >= 0.3 is 0 Å². The molecule has 0 heterocycles. The summed E-state index contributed by atoms with van der Waals surface area (Å²) in [5.74, 6) is 0.829. The number of benzene rings is 1. The highest BCUT2D eigenvalue weighted by Gasteiger charge is 2.24. The van der Waals surface area contributed by atoms with E-state index in [2.05, 4.69) is 26.1 Å². The third-order valence-electron chi connectivity index (χ3n) is 3.47. The van der Waals surface area contributed by atoms with Gasteiger partial charge in [-0.05, 0) is 37.4 Å². The first-order valence-corrected chi connectivity index (χ1v) is 7.21. The fraction of sp³-hybridized carbons (Fsp3) is 0.625. The summed E-state index contributed by atoms with van der Waals surface area (Å²) in [5.41, 5.74) is 0.666. The molecule has 0 spiro atoms. The van der Waals surface area contributed by atoms with Crippen molar-refractivity contribution in [3.8, 4) is 5.75 Å². The number of hydrogen-bond donors (Lipinski definition) is 1. The van der Waals surface area contributed by atoms with Crippen molar-refractivity contribution in [2.75, 3.05) is 13.7 Å². The molecule has 2 unspecified atom stereocenters. The van der Waals surface area contributed by atoms with Crippen LogP contribution in [0.2, 0.25) is 0 Å². The molecule has 2 nitrogen and oxygen atoms in total. The second-order valence-electron chi connectivity index (χ2n) is 5.05. The van der Waals surface area contributed by atoms with E-state index in [0.29, 0.717) is 17.2 Å². The molecule has 3 heteroatoms. The van der Waals surface area contributed by atoms with Crippen LogP contribution < -0.4 is 10.1 Å². The van der Waals surface area contributed by atoms with Crippen molar-refractivity contribution in [2.45, 2.75) is 46.1 Å². The van der Waals surface area contributed by atoms with Gasteiger partial charge in [-0.15, -0.1) is 0 Å². The zero-order chi connectivity index (χ0) is 14.3. The van der Waals surface area contributed by atoms with Crippen LogP contribution in [0.15, 0.2) is 18.2 Å². The van der Waals surface area contributed by atoms with Crippen molar-refractivity contribution in [3.63, 3.8) is 0 Å². The zero-order valence-corrected chi connectivity index (χ0v) is 12.5. The first-order chi connectivity index (χ1) is 9.15. The molecule has 19 heavy (non-hydrogen) atoms. The minimum Gasteiger partial charge on any atom is -0.496 e. The second-order valence-corrected chi connectivity index (χ2v) is 5.05. The lowest BCUT2D eigenvalue weighted by Crippen LogP contribution is -2.29. The summed E-state index contributed by atoms with van der Waals surface area (Å²) in [4.78, 5) is 0. The van der Waals surface area contributed by atoms with E-state index >= 15 is 0 Å². The molecule has 0 aliphatic carbocycles. The van der Waals surface area contributed by atoms with Crippen molar-refractivity contribution in [2.24, 2.45) is 5.92 Å². The minimum absolute atomic E-state index is 0.0102. The molecule has 108 valence electrons. The molecule has 2 atom stereocenters. The number of halogens is 1. The number of rotatable bonds is 8. The Morgan fingerprint density at radius 3 is 2.58 bits per heavy atom. The van der Waals surface area contributed by atoms with Crippen LogP contribution in [-0.2, 0) is 0 Å². The van der Waals surface area contributed by atoms with Gasteiger partial charge in [0.1, 0.15) is 11.6 Å². The van der Waals surface area contributed by atoms with Crippen LogP contribution in [0.25, 0.3) is 0 Å². The summed E-state index contributed by atoms with van der Waals surface area (Å²) in [7, 11) is 1.60. The molecule has 0 saturated heterocycles. The van der Waals surface area contributed by atoms with Gasteiger partial charge < -0.3 is 10.1 Å². The molecule has 0 amide bonds. The summed E-state index contributed by atoms with van der Waals surface area (Å²) in [6.45, 7) is 7.33. The Kier molecular flexibility index (Phi) is 6.85. The Morgan fingerprint density at radius 2 is 2.00 bits per heavy atom. The number of nitrogens with one attached hydrogen (secondary N) is 1. The molecule has 0 saturated carbocycles. The largest absolute Gasteiger partial charge is 0.496 e. The Hall–Kier alpha value is -1.09. The Labute approximate surface area is 116 Å². The van der Waals surface area contributed by atoms with Crippen molar-refractivity contribution in [3.05, 3.63) is 29.6 Å². The molecule has 0 aliphatic rings. The van der Waals surface area contributed by atoms with E-state index in [-0.39, 0.29) is 11.9 Å². The molecule has 1 aromatic carbocycles. The highest BCUT2D eigenvalue weighted by Crippen LogP contribution is 2.34. The minimum atomic E-state index is -0.184. The van der Waals surface area contributed by atoms with Gasteiger partial charge in [0.15, 0.2) is 0 Å². The molecule has 0 fully saturated rings. The van der Waals surface area contributed by atoms with E-state index in [1.165, 1.54) is 6.07 Å². The van der Waals surface area contributed by atoms with E-state index < -0.39 is 0 Å². The number of methoxy groups -OCH3 is 1. The Morgan fingerprint density at radius 1 is 1.26 bits per heavy atom. The molecule has 1 aromatic rings. The van der Waals surface area contributed by atoms with Crippen LogP contribution in [0.5, 0.6) is 5.75 Å². The highest BCUT2D eigenvalue weighted by molar-refractivity contribution is 5.37. The second kappa shape index (κ2) is 8.16. The third kappa shape index (κ3) is 4.20. The van der Waals surface area contributed by atoms with Crippen LogP contribution in [0.3, 0.4) is 0 Å². The van der Waals surface area contributed by atoms with Gasteiger partial charge in [-0.1, -0.05) is 33.3 Å². The van der Waals surface area contributed by atoms with E-state index in [4.69, 9.17) is 4.74 Å². The molecule has 0 radical (unpaired) electrons. The van der Waals surface area contributed by atoms with E-state index in [9.17, 15) is 4.39 Å². The van der Waals surface area contributed by atoms with Crippen molar-refractivity contribution in [1.82, 2.24) is 5.32 Å². The van der Waals surface area contributed by atoms with Crippen LogP contribution >= 0.6 is 0 Å². The van der Waals surface area contributed by atoms with E-state index in [0.717, 1.165) is 25.8 Å². The van der Waals surface area contributed by atoms with Gasteiger partial charge in [0.05, 0.1) is 7.11 Å². The summed E-state index contributed by atoms with van der Waals surface area (Å²) in [6.07, 6.45) is 3.20. The van der Waals surface area contributed by atoms with E-state index in [1.807, 2.05) is 6.07 Å². The van der Waals surface area contributed by atoms with Crippen LogP contribution in [0.4, 0.5) is 4.39 Å². The number of ether oxygens (including phenoxy) is 1. The van der Waals surface area contributed by atoms with Crippen LogP contribution in [0, 0.1) is 11.7 Å². The molecule has 0 aromatic heterocycles. The monoisotopic (exact) mass is 267 g/mol. The molecule has 1 rings (SSSR count). The average Bonchev–Trinajstić information content (AvgIpc) is 2.40. The average molecular weight is 267 g/mol. The lowest BCUT2D eigenvalue weighted by Gasteiger charge is -2.27. The van der Waals surface area contributed by atoms with Gasteiger partial charge in [-0.2, -0.15) is 0 Å². The quantitative estimate of drug-likeness (QED) is 0.757. The Bertz CT molecular complexity index is 381. The van der Waals surface area contributed by atoms with Crippen LogP contribution in [0.1, 0.15) is 51.6 Å². The van der Waals surface area contributed by atoms with Crippen molar-refractivity contribution in [1.29, 1.82) is 0 Å². The lowest BCUT2D eigenvalue weighted by molar-refractivity contribution is 0.331. The number of hydrogen-bond acceptors (Lipinski definition) is 2. The molecular weight excluding hydrogens is 241 g/mol. The molecular formula is C16H26FNO. The standard InChI is InChI=1S/C16H26FNO/c1-5-8-12(3)16(18-11-6-2)15-13(17)9-7-10-14(15)19-4/h7,9-10,12,16,18H,5-6,8,11H2,1-4H3. The van der Waals surface area contributed by atoms with E-state index in [1.54, 1.807) is 13.2 Å². The SMILES string of the molecule is CCCNC(c1c(F)cccc1OC)C(C)CCC. The maximum atomic E-state index is 14.2. The normalized spacial score (nSPS) is 14.2. The third-order valence-corrected chi connectivity index (χ3v) is 3.47. The topological polar surface area (TPSA) is 21.3 Å². The predicted octanol–water partition coefficient (Wildman–Crippen LogP) is 4.31. The summed E-state index contributed by atoms with van der Waals surface area (Å²) in [6, 6.07) is 5.05. The van der Waals surface area contributed by atoms with Crippen LogP contribution in [-0.4, -0.2) is 13.7 Å². The smallest absolute Gasteiger partial charge is 0.131 e. The zero-order valence-electron chi connectivity index (χ0n) is 12.5. The summed E-state index contributed by atoms with van der Waals surface area (Å²) >= 11 is 0. The Balaban J connectivity index is 3.08. The van der Waals surface area contributed by atoms with Gasteiger partial charge in [0, 0.05) is 11.6 Å². The first-order valence-electron chi connectivity index (χ1n) is 7.21. The van der Waals surface area contributed by atoms with Gasteiger partial charge in [-0.3, -0.25) is 0 Å². The van der Waals surface area contributed by atoms with Crippen molar-refractivity contribution < 1.29 is 9.13 Å².